The van der Waals surface area contributed by atoms with Gasteiger partial charge >= 0.3 is 12.3 Å². The van der Waals surface area contributed by atoms with Crippen LogP contribution in [0.15, 0.2) is 29.3 Å². The van der Waals surface area contributed by atoms with Gasteiger partial charge in [0.15, 0.2) is 11.3 Å². The van der Waals surface area contributed by atoms with Gasteiger partial charge in [0.1, 0.15) is 41.2 Å². The molecule has 1 fully saturated rings. The first-order valence-electron chi connectivity index (χ1n) is 10.3. The molecule has 1 saturated heterocycles. The van der Waals surface area contributed by atoms with Crippen molar-refractivity contribution in [3.05, 3.63) is 35.6 Å². The number of aliphatic imine (C=N–C) groups is 1. The molecule has 0 bridgehead atoms. The highest BCUT2D eigenvalue weighted by atomic mass is 32.2. The Morgan fingerprint density at radius 3 is 2.38 bits per heavy atom. The van der Waals surface area contributed by atoms with Crippen LogP contribution in [0.2, 0.25) is 0 Å². The molecule has 2 N–H and O–H groups in total. The van der Waals surface area contributed by atoms with E-state index in [0.29, 0.717) is 0 Å². The van der Waals surface area contributed by atoms with Crippen molar-refractivity contribution in [3.8, 4) is 0 Å². The van der Waals surface area contributed by atoms with Crippen LogP contribution in [0.1, 0.15) is 26.3 Å². The molecule has 2 aliphatic heterocycles. The topological polar surface area (TPSA) is 101 Å². The van der Waals surface area contributed by atoms with Crippen molar-refractivity contribution in [2.24, 2.45) is 4.99 Å². The van der Waals surface area contributed by atoms with Crippen molar-refractivity contribution >= 4 is 23.0 Å². The number of fused-ring (bicyclic) bond motifs is 1. The second-order valence-electron chi connectivity index (χ2n) is 8.91. The third-order valence-electron chi connectivity index (χ3n) is 5.01. The maximum Gasteiger partial charge on any atom is 0.417 e. The molecule has 34 heavy (non-hydrogen) atoms. The van der Waals surface area contributed by atoms with Gasteiger partial charge in [0.2, 0.25) is 0 Å². The Morgan fingerprint density at radius 2 is 1.82 bits per heavy atom. The zero-order valence-electron chi connectivity index (χ0n) is 18.8. The molecular formula is C21H26F4N2O6S. The van der Waals surface area contributed by atoms with Gasteiger partial charge in [-0.1, -0.05) is 23.9 Å². The summed E-state index contributed by atoms with van der Waals surface area (Å²) in [6.45, 7) is 4.47. The molecule has 3 rings (SSSR count). The number of carbonyl (C=O) groups excluding carboxylic acids is 1. The largest absolute Gasteiger partial charge is 0.443 e. The van der Waals surface area contributed by atoms with Crippen LogP contribution in [-0.4, -0.2) is 81.1 Å². The van der Waals surface area contributed by atoms with Crippen molar-refractivity contribution in [2.45, 2.75) is 75.0 Å². The van der Waals surface area contributed by atoms with Crippen LogP contribution in [0.3, 0.4) is 0 Å². The Kier molecular flexibility index (Phi) is 7.82. The van der Waals surface area contributed by atoms with Crippen LogP contribution in [0.5, 0.6) is 0 Å². The average Bonchev–Trinajstić information content (AvgIpc) is 3.14. The van der Waals surface area contributed by atoms with Crippen molar-refractivity contribution in [1.29, 1.82) is 0 Å². The molecule has 1 aromatic carbocycles. The number of nitrogens with zero attached hydrogens (tertiary/aromatic N) is 2. The molecular weight excluding hydrogens is 484 g/mol. The van der Waals surface area contributed by atoms with Gasteiger partial charge in [-0.05, 0) is 38.5 Å². The molecule has 0 radical (unpaired) electrons. The smallest absolute Gasteiger partial charge is 0.417 e. The lowest BCUT2D eigenvalue weighted by atomic mass is 9.94. The maximum absolute atomic E-state index is 13.8. The lowest BCUT2D eigenvalue weighted by Crippen LogP contribution is -2.61. The van der Waals surface area contributed by atoms with Gasteiger partial charge in [-0.15, -0.1) is 0 Å². The highest BCUT2D eigenvalue weighted by molar-refractivity contribution is 8.14. The van der Waals surface area contributed by atoms with Crippen molar-refractivity contribution in [3.63, 3.8) is 0 Å². The van der Waals surface area contributed by atoms with Crippen LogP contribution < -0.4 is 0 Å². The predicted octanol–water partition coefficient (Wildman–Crippen LogP) is 3.06. The number of benzene rings is 1. The highest BCUT2D eigenvalue weighted by Crippen LogP contribution is 2.41. The molecule has 2 heterocycles. The van der Waals surface area contributed by atoms with Crippen molar-refractivity contribution in [1.82, 2.24) is 4.90 Å². The summed E-state index contributed by atoms with van der Waals surface area (Å²) in [7, 11) is 1.36. The van der Waals surface area contributed by atoms with E-state index in [1.54, 1.807) is 20.8 Å². The Morgan fingerprint density at radius 1 is 1.21 bits per heavy atom. The summed E-state index contributed by atoms with van der Waals surface area (Å²) in [4.78, 5) is 17.5. The van der Waals surface area contributed by atoms with E-state index in [1.165, 1.54) is 19.2 Å². The van der Waals surface area contributed by atoms with Gasteiger partial charge in [0, 0.05) is 7.05 Å². The van der Waals surface area contributed by atoms with Crippen LogP contribution in [0.25, 0.3) is 0 Å². The SMILES string of the molecule is CN(C(=O)OC(C)(C)C)C1=NC2C(OC(C(OCc3ccc(F)cc3)C(F)(F)F)C(O)C2O)S1. The molecule has 0 spiro atoms. The number of halogens is 4. The van der Waals surface area contributed by atoms with Gasteiger partial charge in [-0.2, -0.15) is 13.2 Å². The molecule has 8 nitrogen and oxygen atoms in total. The fourth-order valence-corrected chi connectivity index (χ4v) is 4.50. The monoisotopic (exact) mass is 510 g/mol. The maximum atomic E-state index is 13.8. The van der Waals surface area contributed by atoms with Crippen molar-refractivity contribution < 1.29 is 46.8 Å². The quantitative estimate of drug-likeness (QED) is 0.601. The number of carbonyl (C=O) groups is 1. The summed E-state index contributed by atoms with van der Waals surface area (Å²) in [5.41, 5.74) is -1.62. The van der Waals surface area contributed by atoms with E-state index in [2.05, 4.69) is 4.99 Å². The van der Waals surface area contributed by atoms with Crippen LogP contribution in [0.4, 0.5) is 22.4 Å². The molecule has 13 heteroatoms. The Balaban J connectivity index is 1.74. The van der Waals surface area contributed by atoms with E-state index in [9.17, 15) is 32.6 Å². The fraction of sp³-hybridized carbons (Fsp3) is 0.619. The molecule has 0 saturated carbocycles. The minimum Gasteiger partial charge on any atom is -0.443 e. The van der Waals surface area contributed by atoms with Crippen LogP contribution in [0, 0.1) is 5.82 Å². The highest BCUT2D eigenvalue weighted by Gasteiger charge is 2.57. The number of aliphatic hydroxyl groups is 2. The standard InChI is InChI=1S/C21H26F4N2O6S/c1-20(2,3)33-19(30)27(4)18-26-12-13(28)14(29)15(32-17(12)34-18)16(21(23,24)25)31-9-10-5-7-11(22)8-6-10/h5-8,12-17,28-29H,9H2,1-4H3. The van der Waals surface area contributed by atoms with Crippen molar-refractivity contribution in [2.75, 3.05) is 7.05 Å². The van der Waals surface area contributed by atoms with Crippen LogP contribution in [-0.2, 0) is 20.8 Å². The number of hydrogen-bond acceptors (Lipinski definition) is 8. The molecule has 0 aliphatic carbocycles. The molecule has 0 aromatic heterocycles. The van der Waals surface area contributed by atoms with Crippen LogP contribution >= 0.6 is 11.8 Å². The first-order valence-corrected chi connectivity index (χ1v) is 11.2. The van der Waals surface area contributed by atoms with Gasteiger partial charge in [-0.25, -0.2) is 9.18 Å². The lowest BCUT2D eigenvalue weighted by Gasteiger charge is -2.41. The zero-order chi connectivity index (χ0) is 25.4. The summed E-state index contributed by atoms with van der Waals surface area (Å²) in [6.07, 6.45) is -13.9. The third-order valence-corrected chi connectivity index (χ3v) is 6.22. The third kappa shape index (κ3) is 6.19. The molecule has 2 aliphatic rings. The number of thioether (sulfide) groups is 1. The van der Waals surface area contributed by atoms with E-state index < -0.39 is 66.2 Å². The van der Waals surface area contributed by atoms with E-state index in [0.717, 1.165) is 28.8 Å². The van der Waals surface area contributed by atoms with E-state index in [1.807, 2.05) is 0 Å². The summed E-state index contributed by atoms with van der Waals surface area (Å²) in [5.74, 6) is -0.554. The summed E-state index contributed by atoms with van der Waals surface area (Å²) in [6, 6.07) is 3.59. The normalized spacial score (nSPS) is 28.2. The second kappa shape index (κ2) is 9.97. The van der Waals surface area contributed by atoms with Gasteiger partial charge in [0.05, 0.1) is 6.61 Å². The lowest BCUT2D eigenvalue weighted by molar-refractivity contribution is -0.286. The summed E-state index contributed by atoms with van der Waals surface area (Å²) in [5, 5.41) is 21.0. The predicted molar refractivity (Wildman–Crippen MR) is 115 cm³/mol. The number of rotatable bonds is 4. The average molecular weight is 511 g/mol. The molecule has 6 atom stereocenters. The van der Waals surface area contributed by atoms with Gasteiger partial charge in [0.25, 0.3) is 0 Å². The zero-order valence-corrected chi connectivity index (χ0v) is 19.6. The van der Waals surface area contributed by atoms with E-state index in [4.69, 9.17) is 14.2 Å². The van der Waals surface area contributed by atoms with E-state index >= 15 is 0 Å². The minimum atomic E-state index is -4.95. The number of hydrogen-bond donors (Lipinski definition) is 2. The van der Waals surface area contributed by atoms with E-state index in [-0.39, 0.29) is 10.7 Å². The summed E-state index contributed by atoms with van der Waals surface area (Å²) >= 11 is 0.828. The fourth-order valence-electron chi connectivity index (χ4n) is 3.34. The minimum absolute atomic E-state index is 0.0620. The molecule has 6 unspecified atom stereocenters. The number of amidine groups is 1. The Labute approximate surface area is 197 Å². The molecule has 1 amide bonds. The van der Waals surface area contributed by atoms with Gasteiger partial charge < -0.3 is 24.4 Å². The first-order chi connectivity index (χ1) is 15.7. The van der Waals surface area contributed by atoms with Gasteiger partial charge in [-0.3, -0.25) is 9.89 Å². The number of ether oxygens (including phenoxy) is 3. The Hall–Kier alpha value is -1.93. The summed E-state index contributed by atoms with van der Waals surface area (Å²) < 4.78 is 70.3. The second-order valence-corrected chi connectivity index (χ2v) is 9.97. The number of alkyl halides is 3. The number of amides is 1. The Bertz CT molecular complexity index is 908. The number of aliphatic hydroxyl groups excluding tert-OH is 2. The molecule has 1 aromatic rings. The molecule has 190 valence electrons. The first kappa shape index (κ1) is 26.7.